The summed E-state index contributed by atoms with van der Waals surface area (Å²) < 4.78 is 16.3. The molecule has 1 fully saturated rings. The van der Waals surface area contributed by atoms with E-state index in [1.165, 1.54) is 12.4 Å². The van der Waals surface area contributed by atoms with Gasteiger partial charge in [0, 0.05) is 28.4 Å². The standard InChI is InChI=1S/C18H20FN5O/c19-15-7-11(20)3-6-13(15)14-8-16(10-1-4-12(25)5-2-10)24-17(14)18(21)22-9-23-24/h3,6-10,12,25H,1-2,4-5,20H2,(H2,21,22,23)/t10-,12-. The SMILES string of the molecule is Nc1ccc(-c2cc([C@H]3CC[C@H](O)CC3)n3ncnc(N)c23)c(F)c1. The van der Waals surface area contributed by atoms with Crippen molar-refractivity contribution in [1.82, 2.24) is 14.6 Å². The second kappa shape index (κ2) is 6.00. The molecule has 1 aliphatic carbocycles. The van der Waals surface area contributed by atoms with Crippen molar-refractivity contribution in [3.8, 4) is 11.1 Å². The van der Waals surface area contributed by atoms with Crippen molar-refractivity contribution in [2.75, 3.05) is 11.5 Å². The molecular weight excluding hydrogens is 321 g/mol. The predicted octanol–water partition coefficient (Wildman–Crippen LogP) is 2.72. The smallest absolute Gasteiger partial charge is 0.151 e. The number of aromatic nitrogens is 3. The molecule has 1 aliphatic rings. The van der Waals surface area contributed by atoms with Crippen LogP contribution in [0.1, 0.15) is 37.3 Å². The molecule has 0 aliphatic heterocycles. The average Bonchev–Trinajstić information content (AvgIpc) is 2.96. The Morgan fingerprint density at radius 2 is 1.84 bits per heavy atom. The number of aliphatic hydroxyl groups is 1. The van der Waals surface area contributed by atoms with Crippen LogP contribution in [0, 0.1) is 5.82 Å². The van der Waals surface area contributed by atoms with Gasteiger partial charge in [-0.25, -0.2) is 13.9 Å². The van der Waals surface area contributed by atoms with Crippen molar-refractivity contribution < 1.29 is 9.50 Å². The van der Waals surface area contributed by atoms with Crippen LogP contribution in [0.5, 0.6) is 0 Å². The number of halogens is 1. The highest BCUT2D eigenvalue weighted by Crippen LogP contribution is 2.39. The number of nitrogens with two attached hydrogens (primary N) is 2. The molecule has 7 heteroatoms. The van der Waals surface area contributed by atoms with Crippen molar-refractivity contribution >= 4 is 17.0 Å². The Balaban J connectivity index is 1.90. The van der Waals surface area contributed by atoms with E-state index in [4.69, 9.17) is 11.5 Å². The van der Waals surface area contributed by atoms with E-state index < -0.39 is 5.82 Å². The summed E-state index contributed by atoms with van der Waals surface area (Å²) in [5.41, 5.74) is 14.8. The molecule has 2 aromatic heterocycles. The molecule has 3 aromatic rings. The maximum Gasteiger partial charge on any atom is 0.151 e. The maximum absolute atomic E-state index is 14.5. The number of anilines is 2. The van der Waals surface area contributed by atoms with Crippen molar-refractivity contribution in [1.29, 1.82) is 0 Å². The first kappa shape index (κ1) is 15.8. The molecule has 2 heterocycles. The number of fused-ring (bicyclic) bond motifs is 1. The molecule has 0 amide bonds. The van der Waals surface area contributed by atoms with Crippen LogP contribution < -0.4 is 11.5 Å². The fraction of sp³-hybridized carbons (Fsp3) is 0.333. The number of hydrogen-bond donors (Lipinski definition) is 3. The summed E-state index contributed by atoms with van der Waals surface area (Å²) in [6.07, 6.45) is 4.40. The zero-order valence-electron chi connectivity index (χ0n) is 13.7. The number of aliphatic hydroxyl groups excluding tert-OH is 1. The Morgan fingerprint density at radius 1 is 1.08 bits per heavy atom. The second-order valence-corrected chi connectivity index (χ2v) is 6.63. The summed E-state index contributed by atoms with van der Waals surface area (Å²) in [7, 11) is 0. The molecule has 0 spiro atoms. The highest BCUT2D eigenvalue weighted by atomic mass is 19.1. The van der Waals surface area contributed by atoms with E-state index in [0.29, 0.717) is 28.1 Å². The number of hydrogen-bond acceptors (Lipinski definition) is 5. The minimum absolute atomic E-state index is 0.240. The summed E-state index contributed by atoms with van der Waals surface area (Å²) >= 11 is 0. The summed E-state index contributed by atoms with van der Waals surface area (Å²) in [5, 5.41) is 14.1. The molecule has 0 radical (unpaired) electrons. The first-order chi connectivity index (χ1) is 12.0. The molecule has 0 atom stereocenters. The lowest BCUT2D eigenvalue weighted by molar-refractivity contribution is 0.121. The molecule has 5 N–H and O–H groups in total. The van der Waals surface area contributed by atoms with Gasteiger partial charge in [0.05, 0.1) is 6.10 Å². The summed E-state index contributed by atoms with van der Waals surface area (Å²) in [5.74, 6) is 0.153. The first-order valence-electron chi connectivity index (χ1n) is 8.40. The molecule has 0 bridgehead atoms. The zero-order chi connectivity index (χ0) is 17.6. The van der Waals surface area contributed by atoms with E-state index >= 15 is 0 Å². The van der Waals surface area contributed by atoms with Crippen LogP contribution in [0.3, 0.4) is 0 Å². The van der Waals surface area contributed by atoms with Gasteiger partial charge in [-0.1, -0.05) is 0 Å². The lowest BCUT2D eigenvalue weighted by Gasteiger charge is -2.24. The molecule has 130 valence electrons. The number of nitrogen functional groups attached to an aromatic ring is 2. The largest absolute Gasteiger partial charge is 0.399 e. The van der Waals surface area contributed by atoms with Crippen LogP contribution in [0.15, 0.2) is 30.6 Å². The van der Waals surface area contributed by atoms with Gasteiger partial charge in [-0.2, -0.15) is 5.10 Å². The Bertz CT molecular complexity index is 931. The van der Waals surface area contributed by atoms with Crippen LogP contribution in [0.4, 0.5) is 15.9 Å². The van der Waals surface area contributed by atoms with Gasteiger partial charge in [-0.05, 0) is 49.9 Å². The fourth-order valence-electron chi connectivity index (χ4n) is 3.71. The van der Waals surface area contributed by atoms with Gasteiger partial charge in [-0.3, -0.25) is 0 Å². The van der Waals surface area contributed by atoms with Crippen LogP contribution in [0.2, 0.25) is 0 Å². The Hall–Kier alpha value is -2.67. The van der Waals surface area contributed by atoms with Gasteiger partial charge < -0.3 is 16.6 Å². The molecule has 0 unspecified atom stereocenters. The van der Waals surface area contributed by atoms with E-state index in [0.717, 1.165) is 31.4 Å². The number of benzene rings is 1. The monoisotopic (exact) mass is 341 g/mol. The van der Waals surface area contributed by atoms with Crippen molar-refractivity contribution in [2.24, 2.45) is 0 Å². The predicted molar refractivity (Wildman–Crippen MR) is 94.4 cm³/mol. The summed E-state index contributed by atoms with van der Waals surface area (Å²) in [4.78, 5) is 4.07. The molecule has 25 heavy (non-hydrogen) atoms. The van der Waals surface area contributed by atoms with E-state index in [1.54, 1.807) is 16.6 Å². The molecule has 6 nitrogen and oxygen atoms in total. The average molecular weight is 341 g/mol. The van der Waals surface area contributed by atoms with Crippen LogP contribution in [-0.2, 0) is 0 Å². The fourth-order valence-corrected chi connectivity index (χ4v) is 3.71. The molecule has 1 aromatic carbocycles. The van der Waals surface area contributed by atoms with Crippen LogP contribution >= 0.6 is 0 Å². The second-order valence-electron chi connectivity index (χ2n) is 6.63. The Kier molecular flexibility index (Phi) is 3.80. The molecular formula is C18H20FN5O. The summed E-state index contributed by atoms with van der Waals surface area (Å²) in [6.45, 7) is 0. The Labute approximate surface area is 144 Å². The van der Waals surface area contributed by atoms with Crippen LogP contribution in [0.25, 0.3) is 16.6 Å². The molecule has 4 rings (SSSR count). The topological polar surface area (TPSA) is 102 Å². The van der Waals surface area contributed by atoms with Crippen LogP contribution in [-0.4, -0.2) is 25.8 Å². The summed E-state index contributed by atoms with van der Waals surface area (Å²) in [6, 6.07) is 6.56. The van der Waals surface area contributed by atoms with Gasteiger partial charge in [0.25, 0.3) is 0 Å². The number of rotatable bonds is 2. The van der Waals surface area contributed by atoms with Crippen molar-refractivity contribution in [2.45, 2.75) is 37.7 Å². The van der Waals surface area contributed by atoms with Gasteiger partial charge in [0.15, 0.2) is 5.82 Å². The van der Waals surface area contributed by atoms with E-state index in [9.17, 15) is 9.50 Å². The molecule has 1 saturated carbocycles. The third-order valence-electron chi connectivity index (χ3n) is 5.01. The normalized spacial score (nSPS) is 20.9. The minimum atomic E-state index is -0.402. The number of nitrogens with zero attached hydrogens (tertiary/aromatic N) is 3. The highest BCUT2D eigenvalue weighted by molar-refractivity contribution is 5.89. The van der Waals surface area contributed by atoms with E-state index in [1.807, 2.05) is 6.07 Å². The maximum atomic E-state index is 14.5. The lowest BCUT2D eigenvalue weighted by atomic mass is 9.85. The lowest BCUT2D eigenvalue weighted by Crippen LogP contribution is -2.18. The van der Waals surface area contributed by atoms with Gasteiger partial charge in [0.1, 0.15) is 17.7 Å². The zero-order valence-corrected chi connectivity index (χ0v) is 13.7. The van der Waals surface area contributed by atoms with Crippen molar-refractivity contribution in [3.63, 3.8) is 0 Å². The third kappa shape index (κ3) is 2.70. The van der Waals surface area contributed by atoms with E-state index in [2.05, 4.69) is 10.1 Å². The highest BCUT2D eigenvalue weighted by Gasteiger charge is 2.26. The van der Waals surface area contributed by atoms with Crippen molar-refractivity contribution in [3.05, 3.63) is 42.1 Å². The Morgan fingerprint density at radius 3 is 2.56 bits per heavy atom. The minimum Gasteiger partial charge on any atom is -0.399 e. The van der Waals surface area contributed by atoms with E-state index in [-0.39, 0.29) is 12.0 Å². The third-order valence-corrected chi connectivity index (χ3v) is 5.01. The van der Waals surface area contributed by atoms with Gasteiger partial charge in [-0.15, -0.1) is 0 Å². The van der Waals surface area contributed by atoms with Gasteiger partial charge >= 0.3 is 0 Å². The first-order valence-corrected chi connectivity index (χ1v) is 8.40. The molecule has 0 saturated heterocycles. The quantitative estimate of drug-likeness (QED) is 0.622. The van der Waals surface area contributed by atoms with Gasteiger partial charge in [0.2, 0.25) is 0 Å².